The minimum atomic E-state index is -0.294. The van der Waals surface area contributed by atoms with Crippen molar-refractivity contribution in [3.8, 4) is 0 Å². The Morgan fingerprint density at radius 2 is 1.87 bits per heavy atom. The average Bonchev–Trinajstić information content (AvgIpc) is 2.80. The number of hydrogen-bond donors (Lipinski definition) is 1. The van der Waals surface area contributed by atoms with E-state index in [2.05, 4.69) is 10.4 Å². The Morgan fingerprint density at radius 3 is 2.61 bits per heavy atom. The number of nitrogens with zero attached hydrogens (tertiary/aromatic N) is 3. The fourth-order valence-electron chi connectivity index (χ4n) is 3.83. The van der Waals surface area contributed by atoms with Crippen molar-refractivity contribution in [1.29, 1.82) is 0 Å². The zero-order chi connectivity index (χ0) is 21.6. The maximum Gasteiger partial charge on any atom is 0.269 e. The quantitative estimate of drug-likeness (QED) is 0.666. The second kappa shape index (κ2) is 9.55. The van der Waals surface area contributed by atoms with Crippen LogP contribution in [0.3, 0.4) is 0 Å². The molecule has 1 atom stereocenters. The Balaban J connectivity index is 1.37. The van der Waals surface area contributed by atoms with E-state index < -0.39 is 0 Å². The van der Waals surface area contributed by atoms with Crippen LogP contribution in [0.2, 0.25) is 0 Å². The summed E-state index contributed by atoms with van der Waals surface area (Å²) in [7, 11) is 0. The highest BCUT2D eigenvalue weighted by atomic mass is 19.1. The standard InChI is InChI=1S/C24H25FN4O2/c25-21-10-8-18(9-11-21)14-26-24(31)20-7-4-12-28(17-20)22-13-23(30)29(27-15-22)16-19-5-2-1-3-6-19/h1-3,5-6,8-11,13,15,20H,4,7,12,14,16-17H2,(H,26,31)/t20-/m0/s1. The molecule has 2 aromatic carbocycles. The van der Waals surface area contributed by atoms with Gasteiger partial charge in [0, 0.05) is 25.7 Å². The number of carbonyl (C=O) groups excluding carboxylic acids is 1. The zero-order valence-electron chi connectivity index (χ0n) is 17.2. The van der Waals surface area contributed by atoms with Gasteiger partial charge in [0.1, 0.15) is 5.82 Å². The molecule has 31 heavy (non-hydrogen) atoms. The van der Waals surface area contributed by atoms with E-state index in [9.17, 15) is 14.0 Å². The number of halogens is 1. The van der Waals surface area contributed by atoms with Crippen LogP contribution < -0.4 is 15.8 Å². The largest absolute Gasteiger partial charge is 0.369 e. The van der Waals surface area contributed by atoms with Gasteiger partial charge in [0.25, 0.3) is 5.56 Å². The van der Waals surface area contributed by atoms with Gasteiger partial charge in [0.15, 0.2) is 0 Å². The predicted octanol–water partition coefficient (Wildman–Crippen LogP) is 2.96. The zero-order valence-corrected chi connectivity index (χ0v) is 17.2. The van der Waals surface area contributed by atoms with E-state index in [1.54, 1.807) is 24.4 Å². The van der Waals surface area contributed by atoms with E-state index in [1.807, 2.05) is 35.2 Å². The van der Waals surface area contributed by atoms with Gasteiger partial charge in [0.2, 0.25) is 5.91 Å². The lowest BCUT2D eigenvalue weighted by Gasteiger charge is -2.33. The van der Waals surface area contributed by atoms with Gasteiger partial charge in [0.05, 0.1) is 24.3 Å². The molecule has 0 aliphatic carbocycles. The Hall–Kier alpha value is -3.48. The van der Waals surface area contributed by atoms with Gasteiger partial charge in [-0.25, -0.2) is 9.07 Å². The summed E-state index contributed by atoms with van der Waals surface area (Å²) in [5.74, 6) is -0.488. The normalized spacial score (nSPS) is 16.2. The number of carbonyl (C=O) groups is 1. The number of rotatable bonds is 6. The molecule has 1 aliphatic heterocycles. The lowest BCUT2D eigenvalue weighted by Crippen LogP contribution is -2.43. The van der Waals surface area contributed by atoms with Gasteiger partial charge in [-0.3, -0.25) is 9.59 Å². The van der Waals surface area contributed by atoms with Crippen molar-refractivity contribution in [2.24, 2.45) is 5.92 Å². The molecule has 1 amide bonds. The van der Waals surface area contributed by atoms with Crippen molar-refractivity contribution in [2.45, 2.75) is 25.9 Å². The van der Waals surface area contributed by atoms with Crippen LogP contribution in [0.15, 0.2) is 71.7 Å². The third-order valence-corrected chi connectivity index (χ3v) is 5.57. The Labute approximate surface area is 180 Å². The Kier molecular flexibility index (Phi) is 6.40. The summed E-state index contributed by atoms with van der Waals surface area (Å²) in [5, 5.41) is 7.27. The van der Waals surface area contributed by atoms with Crippen LogP contribution in [0, 0.1) is 11.7 Å². The monoisotopic (exact) mass is 420 g/mol. The molecule has 6 nitrogen and oxygen atoms in total. The summed E-state index contributed by atoms with van der Waals surface area (Å²) in [4.78, 5) is 27.2. The van der Waals surface area contributed by atoms with Crippen LogP contribution in [-0.4, -0.2) is 28.8 Å². The molecule has 0 spiro atoms. The van der Waals surface area contributed by atoms with Gasteiger partial charge in [-0.15, -0.1) is 0 Å². The van der Waals surface area contributed by atoms with Crippen molar-refractivity contribution in [2.75, 3.05) is 18.0 Å². The molecule has 1 aliphatic rings. The predicted molar refractivity (Wildman–Crippen MR) is 117 cm³/mol. The third-order valence-electron chi connectivity index (χ3n) is 5.57. The Morgan fingerprint density at radius 1 is 1.10 bits per heavy atom. The molecule has 1 N–H and O–H groups in total. The smallest absolute Gasteiger partial charge is 0.269 e. The molecule has 2 heterocycles. The van der Waals surface area contributed by atoms with Crippen molar-refractivity contribution in [3.63, 3.8) is 0 Å². The summed E-state index contributed by atoms with van der Waals surface area (Å²) < 4.78 is 14.5. The average molecular weight is 420 g/mol. The molecule has 0 unspecified atom stereocenters. The second-order valence-electron chi connectivity index (χ2n) is 7.82. The first-order valence-electron chi connectivity index (χ1n) is 10.5. The second-order valence-corrected chi connectivity index (χ2v) is 7.82. The molecule has 0 saturated carbocycles. The van der Waals surface area contributed by atoms with Crippen molar-refractivity contribution in [1.82, 2.24) is 15.1 Å². The number of piperidine rings is 1. The molecular formula is C24H25FN4O2. The number of hydrogen-bond acceptors (Lipinski definition) is 4. The Bertz CT molecular complexity index is 1080. The number of nitrogens with one attached hydrogen (secondary N) is 1. The molecule has 160 valence electrons. The summed E-state index contributed by atoms with van der Waals surface area (Å²) in [6.07, 6.45) is 3.36. The van der Waals surface area contributed by atoms with E-state index in [0.717, 1.165) is 36.2 Å². The summed E-state index contributed by atoms with van der Waals surface area (Å²) in [6.45, 7) is 2.12. The number of benzene rings is 2. The van der Waals surface area contributed by atoms with Crippen LogP contribution in [0.4, 0.5) is 10.1 Å². The molecule has 0 bridgehead atoms. The first kappa shape index (κ1) is 20.8. The van der Waals surface area contributed by atoms with Crippen LogP contribution in [0.25, 0.3) is 0 Å². The molecule has 1 fully saturated rings. The molecule has 3 aromatic rings. The fraction of sp³-hybridized carbons (Fsp3) is 0.292. The fourth-order valence-corrected chi connectivity index (χ4v) is 3.83. The van der Waals surface area contributed by atoms with Gasteiger partial charge in [-0.2, -0.15) is 5.10 Å². The molecule has 1 aromatic heterocycles. The maximum absolute atomic E-state index is 13.0. The van der Waals surface area contributed by atoms with Crippen molar-refractivity contribution in [3.05, 3.63) is 94.2 Å². The van der Waals surface area contributed by atoms with Crippen LogP contribution >= 0.6 is 0 Å². The highest BCUT2D eigenvalue weighted by Crippen LogP contribution is 2.22. The molecule has 7 heteroatoms. The number of aromatic nitrogens is 2. The minimum absolute atomic E-state index is 0.0283. The summed E-state index contributed by atoms with van der Waals surface area (Å²) in [6, 6.07) is 17.4. The van der Waals surface area contributed by atoms with Gasteiger partial charge in [-0.05, 0) is 36.1 Å². The van der Waals surface area contributed by atoms with Crippen LogP contribution in [0.1, 0.15) is 24.0 Å². The molecule has 0 radical (unpaired) electrons. The topological polar surface area (TPSA) is 67.2 Å². The molecular weight excluding hydrogens is 395 g/mol. The first-order chi connectivity index (χ1) is 15.1. The minimum Gasteiger partial charge on any atom is -0.369 e. The van der Waals surface area contributed by atoms with Crippen LogP contribution in [0.5, 0.6) is 0 Å². The van der Waals surface area contributed by atoms with E-state index in [0.29, 0.717) is 19.6 Å². The number of amides is 1. The lowest BCUT2D eigenvalue weighted by molar-refractivity contribution is -0.125. The molecule has 4 rings (SSSR count). The van der Waals surface area contributed by atoms with Crippen molar-refractivity contribution >= 4 is 11.6 Å². The highest BCUT2D eigenvalue weighted by Gasteiger charge is 2.26. The van der Waals surface area contributed by atoms with E-state index in [-0.39, 0.29) is 23.2 Å². The molecule has 1 saturated heterocycles. The summed E-state index contributed by atoms with van der Waals surface area (Å²) >= 11 is 0. The maximum atomic E-state index is 13.0. The number of anilines is 1. The SMILES string of the molecule is O=C(NCc1ccc(F)cc1)[C@H]1CCCN(c2cnn(Cc3ccccc3)c(=O)c2)C1. The lowest BCUT2D eigenvalue weighted by atomic mass is 9.96. The van der Waals surface area contributed by atoms with E-state index in [1.165, 1.54) is 16.8 Å². The summed E-state index contributed by atoms with van der Waals surface area (Å²) in [5.41, 5.74) is 2.45. The van der Waals surface area contributed by atoms with Crippen molar-refractivity contribution < 1.29 is 9.18 Å². The van der Waals surface area contributed by atoms with E-state index >= 15 is 0 Å². The van der Waals surface area contributed by atoms with E-state index in [4.69, 9.17) is 0 Å². The van der Waals surface area contributed by atoms with Gasteiger partial charge in [-0.1, -0.05) is 42.5 Å². The first-order valence-corrected chi connectivity index (χ1v) is 10.5. The van der Waals surface area contributed by atoms with Crippen LogP contribution in [-0.2, 0) is 17.9 Å². The van der Waals surface area contributed by atoms with Gasteiger partial charge < -0.3 is 10.2 Å². The highest BCUT2D eigenvalue weighted by molar-refractivity contribution is 5.79. The van der Waals surface area contributed by atoms with Gasteiger partial charge >= 0.3 is 0 Å². The third kappa shape index (κ3) is 5.36.